The predicted molar refractivity (Wildman–Crippen MR) is 50.6 cm³/mol. The monoisotopic (exact) mass is 188 g/mol. The van der Waals surface area contributed by atoms with Crippen molar-refractivity contribution in [2.75, 3.05) is 19.8 Å². The van der Waals surface area contributed by atoms with E-state index in [-0.39, 0.29) is 18.1 Å². The first kappa shape index (κ1) is 11.0. The molecule has 13 heavy (non-hydrogen) atoms. The summed E-state index contributed by atoms with van der Waals surface area (Å²) in [6.45, 7) is 5.93. The summed E-state index contributed by atoms with van der Waals surface area (Å²) in [6.07, 6.45) is 1.82. The zero-order valence-corrected chi connectivity index (χ0v) is 8.53. The Morgan fingerprint density at radius 2 is 2.31 bits per heavy atom. The van der Waals surface area contributed by atoms with E-state index >= 15 is 0 Å². The first-order chi connectivity index (χ1) is 6.29. The van der Waals surface area contributed by atoms with Gasteiger partial charge in [-0.1, -0.05) is 6.92 Å². The van der Waals surface area contributed by atoms with Crippen molar-refractivity contribution in [2.45, 2.75) is 38.9 Å². The fourth-order valence-corrected chi connectivity index (χ4v) is 1.89. The lowest BCUT2D eigenvalue weighted by molar-refractivity contribution is -0.0184. The van der Waals surface area contributed by atoms with Crippen LogP contribution in [0.25, 0.3) is 0 Å². The molecule has 0 aromatic carbocycles. The Labute approximate surface area is 80.0 Å². The van der Waals surface area contributed by atoms with Crippen LogP contribution in [0.15, 0.2) is 0 Å². The Morgan fingerprint density at radius 3 is 2.92 bits per heavy atom. The molecule has 78 valence electrons. The molecule has 1 aliphatic rings. The van der Waals surface area contributed by atoms with Gasteiger partial charge in [0, 0.05) is 19.1 Å². The third kappa shape index (κ3) is 2.93. The number of hydrogen-bond donors (Lipinski definition) is 1. The zero-order chi connectivity index (χ0) is 9.68. The van der Waals surface area contributed by atoms with Gasteiger partial charge >= 0.3 is 0 Å². The van der Waals surface area contributed by atoms with Gasteiger partial charge in [-0.05, 0) is 19.8 Å². The molecule has 1 saturated heterocycles. The molecular weight excluding hydrogens is 168 g/mol. The lowest BCUT2D eigenvalue weighted by Crippen LogP contribution is -2.31. The summed E-state index contributed by atoms with van der Waals surface area (Å²) >= 11 is 0. The van der Waals surface area contributed by atoms with Crippen LogP contribution in [-0.4, -0.2) is 37.1 Å². The van der Waals surface area contributed by atoms with Crippen LogP contribution in [0, 0.1) is 5.92 Å². The molecule has 1 aliphatic heterocycles. The molecule has 3 nitrogen and oxygen atoms in total. The average molecular weight is 188 g/mol. The van der Waals surface area contributed by atoms with Crippen molar-refractivity contribution in [2.24, 2.45) is 5.92 Å². The maximum absolute atomic E-state index is 9.78. The smallest absolute Gasteiger partial charge is 0.0827 e. The summed E-state index contributed by atoms with van der Waals surface area (Å²) in [5, 5.41) is 9.78. The zero-order valence-electron chi connectivity index (χ0n) is 8.53. The largest absolute Gasteiger partial charge is 0.390 e. The van der Waals surface area contributed by atoms with Crippen LogP contribution in [0.1, 0.15) is 26.7 Å². The van der Waals surface area contributed by atoms with Gasteiger partial charge in [-0.2, -0.15) is 0 Å². The van der Waals surface area contributed by atoms with Gasteiger partial charge in [0.2, 0.25) is 0 Å². The predicted octanol–water partition coefficient (Wildman–Crippen LogP) is 1.20. The fraction of sp³-hybridized carbons (Fsp3) is 1.00. The normalized spacial score (nSPS) is 30.7. The van der Waals surface area contributed by atoms with Gasteiger partial charge in [-0.15, -0.1) is 0 Å². The number of aliphatic hydroxyl groups is 1. The van der Waals surface area contributed by atoms with Crippen LogP contribution in [0.2, 0.25) is 0 Å². The van der Waals surface area contributed by atoms with Crippen LogP contribution in [0.5, 0.6) is 0 Å². The van der Waals surface area contributed by atoms with E-state index in [1.54, 1.807) is 0 Å². The first-order valence-corrected chi connectivity index (χ1v) is 5.17. The van der Waals surface area contributed by atoms with E-state index in [0.29, 0.717) is 13.2 Å². The molecule has 0 spiro atoms. The molecular formula is C10H20O3. The number of ether oxygens (including phenoxy) is 2. The van der Waals surface area contributed by atoms with Crippen LogP contribution >= 0.6 is 0 Å². The van der Waals surface area contributed by atoms with E-state index < -0.39 is 0 Å². The molecule has 0 aromatic rings. The lowest BCUT2D eigenvalue weighted by Gasteiger charge is -2.22. The standard InChI is InChI=1S/C10H20O3/c1-3-10-8(5-6-13-10)9(11)7-12-4-2/h8-11H,3-7H2,1-2H3. The molecule has 0 aromatic heterocycles. The van der Waals surface area contributed by atoms with Crippen LogP contribution in [0.3, 0.4) is 0 Å². The van der Waals surface area contributed by atoms with Gasteiger partial charge in [0.1, 0.15) is 0 Å². The molecule has 3 unspecified atom stereocenters. The van der Waals surface area contributed by atoms with Crippen molar-refractivity contribution in [1.29, 1.82) is 0 Å². The second kappa shape index (κ2) is 5.58. The highest BCUT2D eigenvalue weighted by molar-refractivity contribution is 4.80. The van der Waals surface area contributed by atoms with Gasteiger partial charge in [0.25, 0.3) is 0 Å². The van der Waals surface area contributed by atoms with Crippen LogP contribution in [0.4, 0.5) is 0 Å². The Balaban J connectivity index is 2.31. The quantitative estimate of drug-likeness (QED) is 0.704. The Bertz CT molecular complexity index is 138. The summed E-state index contributed by atoms with van der Waals surface area (Å²) < 4.78 is 10.7. The average Bonchev–Trinajstić information content (AvgIpc) is 2.61. The molecule has 1 fully saturated rings. The lowest BCUT2D eigenvalue weighted by atomic mass is 9.94. The SMILES string of the molecule is CCOCC(O)C1CCOC1CC. The number of hydrogen-bond acceptors (Lipinski definition) is 3. The van der Waals surface area contributed by atoms with E-state index in [1.807, 2.05) is 6.92 Å². The number of rotatable bonds is 5. The van der Waals surface area contributed by atoms with E-state index in [4.69, 9.17) is 9.47 Å². The van der Waals surface area contributed by atoms with Crippen molar-refractivity contribution in [3.63, 3.8) is 0 Å². The second-order valence-electron chi connectivity index (χ2n) is 3.50. The van der Waals surface area contributed by atoms with E-state index in [2.05, 4.69) is 6.92 Å². The van der Waals surface area contributed by atoms with Crippen molar-refractivity contribution in [1.82, 2.24) is 0 Å². The highest BCUT2D eigenvalue weighted by Crippen LogP contribution is 2.26. The van der Waals surface area contributed by atoms with E-state index in [0.717, 1.165) is 19.4 Å². The van der Waals surface area contributed by atoms with Crippen molar-refractivity contribution < 1.29 is 14.6 Å². The Hall–Kier alpha value is -0.120. The Morgan fingerprint density at radius 1 is 1.54 bits per heavy atom. The van der Waals surface area contributed by atoms with E-state index in [9.17, 15) is 5.11 Å². The molecule has 3 heteroatoms. The topological polar surface area (TPSA) is 38.7 Å². The maximum atomic E-state index is 9.78. The molecule has 0 radical (unpaired) electrons. The van der Waals surface area contributed by atoms with Crippen molar-refractivity contribution in [3.05, 3.63) is 0 Å². The third-order valence-electron chi connectivity index (χ3n) is 2.65. The fourth-order valence-electron chi connectivity index (χ4n) is 1.89. The second-order valence-corrected chi connectivity index (χ2v) is 3.50. The van der Waals surface area contributed by atoms with Crippen molar-refractivity contribution in [3.8, 4) is 0 Å². The van der Waals surface area contributed by atoms with Crippen LogP contribution in [-0.2, 0) is 9.47 Å². The van der Waals surface area contributed by atoms with E-state index in [1.165, 1.54) is 0 Å². The summed E-state index contributed by atoms with van der Waals surface area (Å²) in [4.78, 5) is 0. The minimum absolute atomic E-state index is 0.232. The summed E-state index contributed by atoms with van der Waals surface area (Å²) in [6, 6.07) is 0. The maximum Gasteiger partial charge on any atom is 0.0827 e. The molecule has 0 amide bonds. The molecule has 0 aliphatic carbocycles. The summed E-state index contributed by atoms with van der Waals surface area (Å²) in [5.74, 6) is 0.275. The van der Waals surface area contributed by atoms with Gasteiger partial charge < -0.3 is 14.6 Å². The molecule has 0 bridgehead atoms. The highest BCUT2D eigenvalue weighted by atomic mass is 16.5. The molecule has 0 saturated carbocycles. The summed E-state index contributed by atoms with van der Waals surface area (Å²) in [7, 11) is 0. The molecule has 1 rings (SSSR count). The molecule has 1 N–H and O–H groups in total. The molecule has 1 heterocycles. The first-order valence-electron chi connectivity index (χ1n) is 5.17. The number of aliphatic hydroxyl groups excluding tert-OH is 1. The third-order valence-corrected chi connectivity index (χ3v) is 2.65. The van der Waals surface area contributed by atoms with Crippen molar-refractivity contribution >= 4 is 0 Å². The highest BCUT2D eigenvalue weighted by Gasteiger charge is 2.32. The molecule has 3 atom stereocenters. The van der Waals surface area contributed by atoms with Gasteiger partial charge in [0.05, 0.1) is 18.8 Å². The Kier molecular flexibility index (Phi) is 4.70. The minimum atomic E-state index is -0.354. The van der Waals surface area contributed by atoms with Crippen LogP contribution < -0.4 is 0 Å². The summed E-state index contributed by atoms with van der Waals surface area (Å²) in [5.41, 5.74) is 0. The van der Waals surface area contributed by atoms with Gasteiger partial charge in [-0.25, -0.2) is 0 Å². The van der Waals surface area contributed by atoms with Gasteiger partial charge in [0.15, 0.2) is 0 Å². The van der Waals surface area contributed by atoms with Gasteiger partial charge in [-0.3, -0.25) is 0 Å². The minimum Gasteiger partial charge on any atom is -0.390 e.